The van der Waals surface area contributed by atoms with Crippen LogP contribution >= 0.6 is 0 Å². The van der Waals surface area contributed by atoms with Gasteiger partial charge in [-0.05, 0) is 67.6 Å². The zero-order valence-corrected chi connectivity index (χ0v) is 19.1. The number of piperidine rings is 1. The predicted molar refractivity (Wildman–Crippen MR) is 127 cm³/mol. The molecule has 2 aromatic heterocycles. The number of aromatic nitrogens is 2. The fraction of sp³-hybridized carbons (Fsp3) is 0.400. The van der Waals surface area contributed by atoms with Crippen LogP contribution in [0.25, 0.3) is 11.0 Å². The van der Waals surface area contributed by atoms with Crippen LogP contribution < -0.4 is 16.2 Å². The molecule has 1 aliphatic rings. The van der Waals surface area contributed by atoms with E-state index >= 15 is 0 Å². The highest BCUT2D eigenvalue weighted by molar-refractivity contribution is 6.01. The van der Waals surface area contributed by atoms with Crippen LogP contribution in [0.3, 0.4) is 0 Å². The van der Waals surface area contributed by atoms with Crippen molar-refractivity contribution in [3.63, 3.8) is 0 Å². The van der Waals surface area contributed by atoms with Crippen LogP contribution in [0.4, 0.5) is 4.39 Å². The molecule has 0 radical (unpaired) electrons. The minimum absolute atomic E-state index is 0.202. The van der Waals surface area contributed by atoms with Crippen molar-refractivity contribution in [3.8, 4) is 5.75 Å². The number of fused-ring (bicyclic) bond motifs is 1. The van der Waals surface area contributed by atoms with Gasteiger partial charge in [-0.15, -0.1) is 0 Å². The molecule has 1 aromatic carbocycles. The molecule has 34 heavy (non-hydrogen) atoms. The molecule has 1 fully saturated rings. The van der Waals surface area contributed by atoms with Gasteiger partial charge in [-0.3, -0.25) is 14.6 Å². The minimum Gasteiger partial charge on any atom is -0.505 e. The maximum Gasteiger partial charge on any atom is 0.267 e. The van der Waals surface area contributed by atoms with Crippen molar-refractivity contribution in [2.24, 2.45) is 5.92 Å². The fourth-order valence-electron chi connectivity index (χ4n) is 4.35. The number of nitrogens with zero attached hydrogens (tertiary/aromatic N) is 2. The SMILES string of the molecule is COCCNC(=O)c1c(O)c2ncc(Cc3ccc(F)cc3)cc2n(CC2CCNCC2)c1=O. The zero-order chi connectivity index (χ0) is 24.1. The van der Waals surface area contributed by atoms with Gasteiger partial charge in [0, 0.05) is 26.4 Å². The first-order valence-electron chi connectivity index (χ1n) is 11.4. The smallest absolute Gasteiger partial charge is 0.267 e. The van der Waals surface area contributed by atoms with Crippen molar-refractivity contribution in [2.75, 3.05) is 33.4 Å². The second-order valence-electron chi connectivity index (χ2n) is 8.60. The molecular formula is C25H29FN4O4. The molecule has 3 N–H and O–H groups in total. The Balaban J connectivity index is 1.77. The Kier molecular flexibility index (Phi) is 7.54. The number of hydrogen-bond donors (Lipinski definition) is 3. The van der Waals surface area contributed by atoms with Gasteiger partial charge < -0.3 is 25.0 Å². The highest BCUT2D eigenvalue weighted by Gasteiger charge is 2.25. The number of aromatic hydroxyl groups is 1. The minimum atomic E-state index is -0.655. The molecule has 0 atom stereocenters. The summed E-state index contributed by atoms with van der Waals surface area (Å²) in [5, 5.41) is 16.8. The summed E-state index contributed by atoms with van der Waals surface area (Å²) < 4.78 is 19.8. The lowest BCUT2D eigenvalue weighted by Gasteiger charge is -2.24. The molecule has 3 aromatic rings. The lowest BCUT2D eigenvalue weighted by atomic mass is 9.97. The monoisotopic (exact) mass is 468 g/mol. The number of carbonyl (C=O) groups excluding carboxylic acids is 1. The molecule has 4 rings (SSSR count). The second-order valence-corrected chi connectivity index (χ2v) is 8.60. The molecule has 1 saturated heterocycles. The van der Waals surface area contributed by atoms with Crippen LogP contribution in [0.1, 0.15) is 34.3 Å². The Morgan fingerprint density at radius 2 is 2.00 bits per heavy atom. The summed E-state index contributed by atoms with van der Waals surface area (Å²) in [5.74, 6) is -1.13. The maximum absolute atomic E-state index is 13.5. The van der Waals surface area contributed by atoms with Crippen molar-refractivity contribution >= 4 is 16.9 Å². The molecule has 0 spiro atoms. The number of hydrogen-bond acceptors (Lipinski definition) is 6. The molecule has 0 bridgehead atoms. The summed E-state index contributed by atoms with van der Waals surface area (Å²) in [6.45, 7) is 2.66. The van der Waals surface area contributed by atoms with Crippen LogP contribution in [-0.4, -0.2) is 53.9 Å². The van der Waals surface area contributed by atoms with E-state index < -0.39 is 17.2 Å². The van der Waals surface area contributed by atoms with Gasteiger partial charge in [0.25, 0.3) is 11.5 Å². The highest BCUT2D eigenvalue weighted by atomic mass is 19.1. The average Bonchev–Trinajstić information content (AvgIpc) is 2.84. The molecular weight excluding hydrogens is 439 g/mol. The van der Waals surface area contributed by atoms with Gasteiger partial charge >= 0.3 is 0 Å². The van der Waals surface area contributed by atoms with Gasteiger partial charge in [0.1, 0.15) is 16.9 Å². The van der Waals surface area contributed by atoms with Gasteiger partial charge in [-0.25, -0.2) is 4.39 Å². The highest BCUT2D eigenvalue weighted by Crippen LogP contribution is 2.27. The van der Waals surface area contributed by atoms with E-state index in [-0.39, 0.29) is 36.0 Å². The first-order valence-corrected chi connectivity index (χ1v) is 11.4. The summed E-state index contributed by atoms with van der Waals surface area (Å²) in [6.07, 6.45) is 3.92. The number of benzene rings is 1. The second kappa shape index (κ2) is 10.8. The van der Waals surface area contributed by atoms with Crippen LogP contribution in [0.15, 0.2) is 41.3 Å². The van der Waals surface area contributed by atoms with Crippen molar-refractivity contribution in [1.82, 2.24) is 20.2 Å². The largest absolute Gasteiger partial charge is 0.505 e. The Hall–Kier alpha value is -3.30. The third kappa shape index (κ3) is 5.26. The number of halogens is 1. The molecule has 9 heteroatoms. The summed E-state index contributed by atoms with van der Waals surface area (Å²) >= 11 is 0. The van der Waals surface area contributed by atoms with E-state index in [1.165, 1.54) is 19.2 Å². The van der Waals surface area contributed by atoms with E-state index in [0.29, 0.717) is 18.5 Å². The first-order chi connectivity index (χ1) is 16.5. The standard InChI is InChI=1S/C25H29FN4O4/c1-34-11-10-28-24(32)21-23(31)22-20(30(25(21)33)15-17-6-8-27-9-7-17)13-18(14-29-22)12-16-2-4-19(26)5-3-16/h2-5,13-14,17,27,31H,6-12,15H2,1H3,(H,28,32). The third-order valence-electron chi connectivity index (χ3n) is 6.17. The van der Waals surface area contributed by atoms with Crippen LogP contribution in [0.5, 0.6) is 5.75 Å². The number of amides is 1. The molecule has 1 amide bonds. The van der Waals surface area contributed by atoms with Crippen molar-refractivity contribution in [3.05, 3.63) is 69.4 Å². The quantitative estimate of drug-likeness (QED) is 0.438. The number of rotatable bonds is 8. The Bertz CT molecular complexity index is 1220. The molecule has 0 aliphatic carbocycles. The number of pyridine rings is 2. The van der Waals surface area contributed by atoms with E-state index in [4.69, 9.17) is 4.74 Å². The van der Waals surface area contributed by atoms with E-state index in [0.717, 1.165) is 37.1 Å². The topological polar surface area (TPSA) is 105 Å². The van der Waals surface area contributed by atoms with Crippen molar-refractivity contribution in [2.45, 2.75) is 25.8 Å². The average molecular weight is 469 g/mol. The summed E-state index contributed by atoms with van der Waals surface area (Å²) in [6, 6.07) is 8.02. The molecule has 1 aliphatic heterocycles. The van der Waals surface area contributed by atoms with Crippen LogP contribution in [-0.2, 0) is 17.7 Å². The lowest BCUT2D eigenvalue weighted by molar-refractivity contribution is 0.0932. The van der Waals surface area contributed by atoms with Gasteiger partial charge in [-0.1, -0.05) is 12.1 Å². The van der Waals surface area contributed by atoms with E-state index in [9.17, 15) is 19.1 Å². The van der Waals surface area contributed by atoms with Gasteiger partial charge in [0.2, 0.25) is 0 Å². The number of carbonyl (C=O) groups is 1. The Morgan fingerprint density at radius 3 is 2.71 bits per heavy atom. The van der Waals surface area contributed by atoms with Crippen LogP contribution in [0, 0.1) is 11.7 Å². The summed E-state index contributed by atoms with van der Waals surface area (Å²) in [7, 11) is 1.51. The summed E-state index contributed by atoms with van der Waals surface area (Å²) in [5.41, 5.74) is 1.54. The third-order valence-corrected chi connectivity index (χ3v) is 6.17. The normalized spacial score (nSPS) is 14.4. The lowest BCUT2D eigenvalue weighted by Crippen LogP contribution is -2.37. The van der Waals surface area contributed by atoms with E-state index in [2.05, 4.69) is 15.6 Å². The first kappa shape index (κ1) is 23.8. The van der Waals surface area contributed by atoms with Gasteiger partial charge in [0.05, 0.1) is 12.1 Å². The maximum atomic E-state index is 13.5. The molecule has 0 saturated carbocycles. The molecule has 0 unspecified atom stereocenters. The van der Waals surface area contributed by atoms with Gasteiger partial charge in [0.15, 0.2) is 5.75 Å². The van der Waals surface area contributed by atoms with Crippen molar-refractivity contribution < 1.29 is 19.0 Å². The summed E-state index contributed by atoms with van der Waals surface area (Å²) in [4.78, 5) is 30.7. The van der Waals surface area contributed by atoms with E-state index in [1.54, 1.807) is 22.9 Å². The van der Waals surface area contributed by atoms with Crippen molar-refractivity contribution in [1.29, 1.82) is 0 Å². The Labute approximate surface area is 196 Å². The number of methoxy groups -OCH3 is 1. The predicted octanol–water partition coefficient (Wildman–Crippen LogP) is 2.21. The number of nitrogens with one attached hydrogen (secondary N) is 2. The molecule has 8 nitrogen and oxygen atoms in total. The molecule has 3 heterocycles. The fourth-order valence-corrected chi connectivity index (χ4v) is 4.35. The molecule has 180 valence electrons. The van der Waals surface area contributed by atoms with Crippen LogP contribution in [0.2, 0.25) is 0 Å². The van der Waals surface area contributed by atoms with Gasteiger partial charge in [-0.2, -0.15) is 0 Å². The Morgan fingerprint density at radius 1 is 1.26 bits per heavy atom. The van der Waals surface area contributed by atoms with E-state index in [1.807, 2.05) is 6.07 Å². The number of ether oxygens (including phenoxy) is 1. The zero-order valence-electron chi connectivity index (χ0n) is 19.1.